The smallest absolute Gasteiger partial charge is 0.326 e. The van der Waals surface area contributed by atoms with Crippen LogP contribution in [-0.2, 0) is 16.1 Å². The van der Waals surface area contributed by atoms with Crippen LogP contribution in [0.5, 0.6) is 0 Å². The summed E-state index contributed by atoms with van der Waals surface area (Å²) in [5, 5.41) is 9.15. The third kappa shape index (κ3) is 5.25. The number of thioether (sulfide) groups is 1. The first-order valence-electron chi connectivity index (χ1n) is 6.70. The maximum Gasteiger partial charge on any atom is 0.326 e. The van der Waals surface area contributed by atoms with Gasteiger partial charge in [-0.25, -0.2) is 4.79 Å². The number of carboxylic acids is 1. The van der Waals surface area contributed by atoms with E-state index < -0.39 is 12.0 Å². The first-order valence-corrected chi connectivity index (χ1v) is 7.85. The lowest BCUT2D eigenvalue weighted by Gasteiger charge is -2.26. The van der Waals surface area contributed by atoms with Gasteiger partial charge < -0.3 is 10.0 Å². The van der Waals surface area contributed by atoms with Crippen LogP contribution in [0.2, 0.25) is 0 Å². The molecule has 1 amide bonds. The summed E-state index contributed by atoms with van der Waals surface area (Å²) in [5.74, 6) is 0.141. The summed E-state index contributed by atoms with van der Waals surface area (Å²) in [6.45, 7) is 3.94. The molecule has 20 heavy (non-hydrogen) atoms. The number of amides is 1. The van der Waals surface area contributed by atoms with Crippen molar-refractivity contribution in [3.8, 4) is 0 Å². The third-order valence-corrected chi connectivity index (χ3v) is 4.06. The van der Waals surface area contributed by atoms with Crippen molar-refractivity contribution in [3.05, 3.63) is 35.9 Å². The van der Waals surface area contributed by atoms with Crippen molar-refractivity contribution in [2.24, 2.45) is 0 Å². The Hall–Kier alpha value is -1.49. The molecule has 1 rings (SSSR count). The van der Waals surface area contributed by atoms with E-state index in [1.54, 1.807) is 18.7 Å². The highest BCUT2D eigenvalue weighted by Crippen LogP contribution is 2.12. The number of carbonyl (C=O) groups excluding carboxylic acids is 1. The third-order valence-electron chi connectivity index (χ3n) is 2.91. The normalized spacial score (nSPS) is 11.9. The minimum atomic E-state index is -0.977. The molecule has 1 aromatic carbocycles. The van der Waals surface area contributed by atoms with Crippen molar-refractivity contribution in [1.82, 2.24) is 4.90 Å². The fourth-order valence-electron chi connectivity index (χ4n) is 1.74. The Labute approximate surface area is 124 Å². The Morgan fingerprint density at radius 1 is 1.30 bits per heavy atom. The average molecular weight is 295 g/mol. The molecule has 1 unspecified atom stereocenters. The second-order valence-corrected chi connectivity index (χ2v) is 5.68. The van der Waals surface area contributed by atoms with E-state index in [0.29, 0.717) is 12.3 Å². The second-order valence-electron chi connectivity index (χ2n) is 4.57. The lowest BCUT2D eigenvalue weighted by Crippen LogP contribution is -2.43. The fraction of sp³-hybridized carbons (Fsp3) is 0.467. The number of hydrogen-bond donors (Lipinski definition) is 1. The van der Waals surface area contributed by atoms with Crippen LogP contribution in [-0.4, -0.2) is 39.4 Å². The van der Waals surface area contributed by atoms with Gasteiger partial charge in [-0.15, -0.1) is 0 Å². The molecule has 0 saturated carbocycles. The Kier molecular flexibility index (Phi) is 7.15. The zero-order chi connectivity index (χ0) is 15.0. The van der Waals surface area contributed by atoms with Gasteiger partial charge in [0, 0.05) is 6.54 Å². The summed E-state index contributed by atoms with van der Waals surface area (Å²) in [7, 11) is 0. The first kappa shape index (κ1) is 16.6. The predicted octanol–water partition coefficient (Wildman–Crippen LogP) is 2.63. The van der Waals surface area contributed by atoms with E-state index in [4.69, 9.17) is 5.11 Å². The molecule has 0 saturated heterocycles. The van der Waals surface area contributed by atoms with Gasteiger partial charge in [0.25, 0.3) is 0 Å². The van der Waals surface area contributed by atoms with Crippen LogP contribution < -0.4 is 0 Å². The maximum absolute atomic E-state index is 12.2. The van der Waals surface area contributed by atoms with Crippen LogP contribution in [0.3, 0.4) is 0 Å². The van der Waals surface area contributed by atoms with Gasteiger partial charge in [0.2, 0.25) is 5.91 Å². The van der Waals surface area contributed by atoms with Crippen LogP contribution in [0.25, 0.3) is 0 Å². The van der Waals surface area contributed by atoms with Gasteiger partial charge in [0.1, 0.15) is 6.04 Å². The van der Waals surface area contributed by atoms with Gasteiger partial charge in [-0.1, -0.05) is 37.3 Å². The van der Waals surface area contributed by atoms with E-state index in [2.05, 4.69) is 6.92 Å². The van der Waals surface area contributed by atoms with Gasteiger partial charge in [-0.2, -0.15) is 11.8 Å². The highest BCUT2D eigenvalue weighted by atomic mass is 32.2. The molecule has 1 aromatic rings. The summed E-state index contributed by atoms with van der Waals surface area (Å²) in [5.41, 5.74) is 0.939. The van der Waals surface area contributed by atoms with Crippen LogP contribution in [0.4, 0.5) is 0 Å². The molecular weight excluding hydrogens is 274 g/mol. The van der Waals surface area contributed by atoms with Crippen LogP contribution in [0, 0.1) is 0 Å². The number of aliphatic carboxylic acids is 1. The number of rotatable bonds is 8. The molecule has 5 heteroatoms. The van der Waals surface area contributed by atoms with Crippen molar-refractivity contribution in [3.63, 3.8) is 0 Å². The van der Waals surface area contributed by atoms with E-state index in [1.807, 2.05) is 30.3 Å². The molecule has 0 aliphatic rings. The quantitative estimate of drug-likeness (QED) is 0.749. The van der Waals surface area contributed by atoms with E-state index in [0.717, 1.165) is 17.7 Å². The monoisotopic (exact) mass is 295 g/mol. The molecule has 0 aliphatic carbocycles. The SMILES string of the molecule is CCCSCC(=O)N(Cc1ccccc1)C(C)C(=O)O. The number of carbonyl (C=O) groups is 2. The first-order chi connectivity index (χ1) is 9.56. The van der Waals surface area contributed by atoms with Crippen molar-refractivity contribution in [2.45, 2.75) is 32.9 Å². The number of hydrogen-bond acceptors (Lipinski definition) is 3. The average Bonchev–Trinajstić information content (AvgIpc) is 2.45. The Morgan fingerprint density at radius 2 is 1.95 bits per heavy atom. The molecule has 0 heterocycles. The number of benzene rings is 1. The van der Waals surface area contributed by atoms with Crippen molar-refractivity contribution in [2.75, 3.05) is 11.5 Å². The summed E-state index contributed by atoms with van der Waals surface area (Å²) >= 11 is 1.55. The molecular formula is C15H21NO3S. The summed E-state index contributed by atoms with van der Waals surface area (Å²) in [4.78, 5) is 24.8. The van der Waals surface area contributed by atoms with Crippen LogP contribution in [0.1, 0.15) is 25.8 Å². The van der Waals surface area contributed by atoms with Crippen molar-refractivity contribution in [1.29, 1.82) is 0 Å². The van der Waals surface area contributed by atoms with Gasteiger partial charge in [0.05, 0.1) is 5.75 Å². The molecule has 1 atom stereocenters. The lowest BCUT2D eigenvalue weighted by atomic mass is 10.2. The minimum Gasteiger partial charge on any atom is -0.480 e. The minimum absolute atomic E-state index is 0.123. The lowest BCUT2D eigenvalue weighted by molar-refractivity contribution is -0.148. The highest BCUT2D eigenvalue weighted by Gasteiger charge is 2.25. The Bertz CT molecular complexity index is 436. The Morgan fingerprint density at radius 3 is 2.50 bits per heavy atom. The van der Waals surface area contributed by atoms with Crippen molar-refractivity contribution >= 4 is 23.6 Å². The molecule has 0 aliphatic heterocycles. The Balaban J connectivity index is 2.74. The van der Waals surface area contributed by atoms with Crippen LogP contribution >= 0.6 is 11.8 Å². The van der Waals surface area contributed by atoms with Gasteiger partial charge >= 0.3 is 5.97 Å². The van der Waals surface area contributed by atoms with Crippen molar-refractivity contribution < 1.29 is 14.7 Å². The molecule has 0 bridgehead atoms. The van der Waals surface area contributed by atoms with Gasteiger partial charge in [-0.3, -0.25) is 4.79 Å². The molecule has 110 valence electrons. The second kappa shape index (κ2) is 8.64. The molecule has 0 radical (unpaired) electrons. The van der Waals surface area contributed by atoms with E-state index >= 15 is 0 Å². The largest absolute Gasteiger partial charge is 0.480 e. The molecule has 0 aromatic heterocycles. The molecule has 0 fully saturated rings. The van der Waals surface area contributed by atoms with Gasteiger partial charge in [-0.05, 0) is 24.7 Å². The summed E-state index contributed by atoms with van der Waals surface area (Å²) < 4.78 is 0. The maximum atomic E-state index is 12.2. The van der Waals surface area contributed by atoms with Gasteiger partial charge in [0.15, 0.2) is 0 Å². The van der Waals surface area contributed by atoms with E-state index in [9.17, 15) is 9.59 Å². The molecule has 4 nitrogen and oxygen atoms in total. The zero-order valence-electron chi connectivity index (χ0n) is 11.9. The molecule has 0 spiro atoms. The van der Waals surface area contributed by atoms with Crippen LogP contribution in [0.15, 0.2) is 30.3 Å². The topological polar surface area (TPSA) is 57.6 Å². The standard InChI is InChI=1S/C15H21NO3S/c1-3-9-20-11-14(17)16(12(2)15(18)19)10-13-7-5-4-6-8-13/h4-8,12H,3,9-11H2,1-2H3,(H,18,19). The fourth-order valence-corrected chi connectivity index (χ4v) is 2.51. The highest BCUT2D eigenvalue weighted by molar-refractivity contribution is 7.99. The number of carboxylic acid groups (broad SMARTS) is 1. The van der Waals surface area contributed by atoms with E-state index in [1.165, 1.54) is 4.90 Å². The summed E-state index contributed by atoms with van der Waals surface area (Å²) in [6.07, 6.45) is 1.01. The zero-order valence-corrected chi connectivity index (χ0v) is 12.7. The van der Waals surface area contributed by atoms with E-state index in [-0.39, 0.29) is 5.91 Å². The number of nitrogens with zero attached hydrogens (tertiary/aromatic N) is 1. The molecule has 1 N–H and O–H groups in total. The predicted molar refractivity (Wildman–Crippen MR) is 81.7 cm³/mol. The summed E-state index contributed by atoms with van der Waals surface area (Å²) in [6, 6.07) is 8.64.